The molecule has 0 aliphatic carbocycles. The maximum absolute atomic E-state index is 13.3. The molecule has 0 N–H and O–H groups in total. The highest BCUT2D eigenvalue weighted by atomic mass is 19.1. The van der Waals surface area contributed by atoms with Crippen LogP contribution in [-0.2, 0) is 0 Å². The van der Waals surface area contributed by atoms with Crippen LogP contribution < -0.4 is 5.32 Å². The molecule has 1 saturated heterocycles. The summed E-state index contributed by atoms with van der Waals surface area (Å²) >= 11 is 0. The molecule has 13 heavy (non-hydrogen) atoms. The maximum Gasteiger partial charge on any atom is 0.126 e. The average molecular weight is 178 g/mol. The lowest BCUT2D eigenvalue weighted by molar-refractivity contribution is 0.440. The van der Waals surface area contributed by atoms with Gasteiger partial charge in [0.25, 0.3) is 0 Å². The summed E-state index contributed by atoms with van der Waals surface area (Å²) in [6, 6.07) is 7.04. The van der Waals surface area contributed by atoms with Gasteiger partial charge in [-0.15, -0.1) is 0 Å². The van der Waals surface area contributed by atoms with Crippen molar-refractivity contribution in [2.45, 2.75) is 18.8 Å². The maximum atomic E-state index is 13.3. The minimum absolute atomic E-state index is 0.0791. The molecule has 0 amide bonds. The zero-order valence-corrected chi connectivity index (χ0v) is 7.54. The summed E-state index contributed by atoms with van der Waals surface area (Å²) in [7, 11) is 0. The molecule has 1 unspecified atom stereocenters. The van der Waals surface area contributed by atoms with Gasteiger partial charge >= 0.3 is 0 Å². The second-order valence-electron chi connectivity index (χ2n) is 3.49. The van der Waals surface area contributed by atoms with Crippen molar-refractivity contribution < 1.29 is 4.39 Å². The molecule has 1 aliphatic heterocycles. The van der Waals surface area contributed by atoms with Crippen LogP contribution in [0.3, 0.4) is 0 Å². The van der Waals surface area contributed by atoms with Crippen LogP contribution in [0.5, 0.6) is 0 Å². The number of hydrogen-bond acceptors (Lipinski definition) is 0. The number of benzene rings is 1. The van der Waals surface area contributed by atoms with Gasteiger partial charge < -0.3 is 0 Å². The number of hydrogen-bond donors (Lipinski definition) is 0. The third-order valence-electron chi connectivity index (χ3n) is 2.56. The number of rotatable bonds is 1. The lowest BCUT2D eigenvalue weighted by Gasteiger charge is -2.21. The summed E-state index contributed by atoms with van der Waals surface area (Å²) in [6.45, 7) is 1.74. The van der Waals surface area contributed by atoms with Crippen LogP contribution in [-0.4, -0.2) is 13.1 Å². The molecule has 0 spiro atoms. The van der Waals surface area contributed by atoms with Gasteiger partial charge in [-0.3, -0.25) is 0 Å². The number of halogens is 1. The Morgan fingerprint density at radius 1 is 1.31 bits per heavy atom. The quantitative estimate of drug-likeness (QED) is 0.626. The first-order valence-electron chi connectivity index (χ1n) is 4.75. The van der Waals surface area contributed by atoms with Crippen LogP contribution in [0.15, 0.2) is 24.3 Å². The summed E-state index contributed by atoms with van der Waals surface area (Å²) < 4.78 is 13.3. The Balaban J connectivity index is 2.18. The van der Waals surface area contributed by atoms with Crippen molar-refractivity contribution in [3.63, 3.8) is 0 Å². The molecule has 1 heterocycles. The van der Waals surface area contributed by atoms with Crippen LogP contribution in [0.2, 0.25) is 0 Å². The predicted molar refractivity (Wildman–Crippen MR) is 50.2 cm³/mol. The Morgan fingerprint density at radius 3 is 2.85 bits per heavy atom. The number of nitrogens with zero attached hydrogens (tertiary/aromatic N) is 1. The molecule has 1 fully saturated rings. The summed E-state index contributed by atoms with van der Waals surface area (Å²) in [5.74, 6) is 0.236. The normalized spacial score (nSPS) is 23.0. The molecule has 2 rings (SSSR count). The van der Waals surface area contributed by atoms with Crippen LogP contribution in [0.4, 0.5) is 4.39 Å². The molecule has 1 atom stereocenters. The van der Waals surface area contributed by atoms with Crippen molar-refractivity contribution in [1.29, 1.82) is 0 Å². The molecule has 1 aliphatic rings. The average Bonchev–Trinajstić information content (AvgIpc) is 2.20. The fourth-order valence-corrected chi connectivity index (χ4v) is 1.85. The first-order valence-corrected chi connectivity index (χ1v) is 4.75. The topological polar surface area (TPSA) is 14.1 Å². The van der Waals surface area contributed by atoms with Gasteiger partial charge in [0, 0.05) is 19.0 Å². The molecular formula is C11H13FN. The Labute approximate surface area is 78.0 Å². The van der Waals surface area contributed by atoms with E-state index in [1.54, 1.807) is 6.07 Å². The highest BCUT2D eigenvalue weighted by molar-refractivity contribution is 5.22. The van der Waals surface area contributed by atoms with Crippen molar-refractivity contribution in [3.8, 4) is 0 Å². The second kappa shape index (κ2) is 3.88. The van der Waals surface area contributed by atoms with E-state index in [9.17, 15) is 4.39 Å². The fourth-order valence-electron chi connectivity index (χ4n) is 1.85. The van der Waals surface area contributed by atoms with E-state index < -0.39 is 0 Å². The molecule has 69 valence electrons. The van der Waals surface area contributed by atoms with E-state index in [1.807, 2.05) is 12.1 Å². The SMILES string of the molecule is Fc1ccccc1C1CCC[N]C1. The second-order valence-corrected chi connectivity index (χ2v) is 3.49. The Hall–Kier alpha value is -0.890. The molecule has 1 aromatic rings. The summed E-state index contributed by atoms with van der Waals surface area (Å²) in [6.07, 6.45) is 2.17. The van der Waals surface area contributed by atoms with Gasteiger partial charge in [-0.1, -0.05) is 18.2 Å². The van der Waals surface area contributed by atoms with Gasteiger partial charge in [-0.05, 0) is 24.5 Å². The lowest BCUT2D eigenvalue weighted by Crippen LogP contribution is -2.23. The van der Waals surface area contributed by atoms with E-state index in [2.05, 4.69) is 5.32 Å². The van der Waals surface area contributed by atoms with Crippen molar-refractivity contribution in [2.75, 3.05) is 13.1 Å². The molecule has 1 nitrogen and oxygen atoms in total. The monoisotopic (exact) mass is 178 g/mol. The third-order valence-corrected chi connectivity index (χ3v) is 2.56. The van der Waals surface area contributed by atoms with Crippen LogP contribution >= 0.6 is 0 Å². The highest BCUT2D eigenvalue weighted by Crippen LogP contribution is 2.25. The number of piperidine rings is 1. The molecule has 0 aromatic heterocycles. The Bertz CT molecular complexity index is 279. The van der Waals surface area contributed by atoms with Gasteiger partial charge in [-0.25, -0.2) is 9.71 Å². The summed E-state index contributed by atoms with van der Waals surface area (Å²) in [5, 5.41) is 4.31. The van der Waals surface area contributed by atoms with E-state index in [-0.39, 0.29) is 5.82 Å². The minimum atomic E-state index is -0.0791. The van der Waals surface area contributed by atoms with Gasteiger partial charge in [0.1, 0.15) is 5.82 Å². The standard InChI is InChI=1S/C11H13FN/c12-11-6-2-1-5-10(11)9-4-3-7-13-8-9/h1-2,5-6,9H,3-4,7-8H2. The largest absolute Gasteiger partial charge is 0.241 e. The third kappa shape index (κ3) is 1.89. The van der Waals surface area contributed by atoms with Crippen molar-refractivity contribution in [3.05, 3.63) is 35.6 Å². The molecule has 1 aromatic carbocycles. The van der Waals surface area contributed by atoms with Gasteiger partial charge in [-0.2, -0.15) is 0 Å². The van der Waals surface area contributed by atoms with Crippen molar-refractivity contribution in [2.24, 2.45) is 0 Å². The predicted octanol–water partition coefficient (Wildman–Crippen LogP) is 2.31. The molecule has 0 bridgehead atoms. The molecule has 0 saturated carbocycles. The van der Waals surface area contributed by atoms with Crippen LogP contribution in [0.25, 0.3) is 0 Å². The van der Waals surface area contributed by atoms with Crippen molar-refractivity contribution in [1.82, 2.24) is 5.32 Å². The lowest BCUT2D eigenvalue weighted by atomic mass is 9.91. The Morgan fingerprint density at radius 2 is 2.15 bits per heavy atom. The van der Waals surface area contributed by atoms with Gasteiger partial charge in [0.2, 0.25) is 0 Å². The van der Waals surface area contributed by atoms with E-state index in [0.29, 0.717) is 5.92 Å². The fraction of sp³-hybridized carbons (Fsp3) is 0.455. The first-order chi connectivity index (χ1) is 6.38. The zero-order valence-electron chi connectivity index (χ0n) is 7.54. The zero-order chi connectivity index (χ0) is 9.10. The molecule has 1 radical (unpaired) electrons. The minimum Gasteiger partial charge on any atom is -0.241 e. The van der Waals surface area contributed by atoms with Crippen LogP contribution in [0.1, 0.15) is 24.3 Å². The van der Waals surface area contributed by atoms with E-state index in [0.717, 1.165) is 31.5 Å². The summed E-state index contributed by atoms with van der Waals surface area (Å²) in [4.78, 5) is 0. The van der Waals surface area contributed by atoms with E-state index in [1.165, 1.54) is 6.07 Å². The molecule has 2 heteroatoms. The van der Waals surface area contributed by atoms with Gasteiger partial charge in [0.05, 0.1) is 0 Å². The molecular weight excluding hydrogens is 165 g/mol. The van der Waals surface area contributed by atoms with E-state index >= 15 is 0 Å². The van der Waals surface area contributed by atoms with Crippen LogP contribution in [0, 0.1) is 5.82 Å². The first kappa shape index (κ1) is 8.70. The van der Waals surface area contributed by atoms with E-state index in [4.69, 9.17) is 0 Å². The Kier molecular flexibility index (Phi) is 2.60. The highest BCUT2D eigenvalue weighted by Gasteiger charge is 2.18. The van der Waals surface area contributed by atoms with Crippen molar-refractivity contribution >= 4 is 0 Å². The van der Waals surface area contributed by atoms with Gasteiger partial charge in [0.15, 0.2) is 0 Å². The summed E-state index contributed by atoms with van der Waals surface area (Å²) in [5.41, 5.74) is 0.839. The smallest absolute Gasteiger partial charge is 0.126 e.